The summed E-state index contributed by atoms with van der Waals surface area (Å²) >= 11 is 0. The average molecular weight is 326 g/mol. The highest BCUT2D eigenvalue weighted by molar-refractivity contribution is 5.80. The molecule has 2 aliphatic rings. The first-order valence-electron chi connectivity index (χ1n) is 9.46. The van der Waals surface area contributed by atoms with Crippen molar-refractivity contribution in [3.8, 4) is 0 Å². The fraction of sp³-hybridized carbons (Fsp3) is 0.944. The van der Waals surface area contributed by atoms with E-state index < -0.39 is 0 Å². The largest absolute Gasteiger partial charge is 0.378 e. The third-order valence-corrected chi connectivity index (χ3v) is 5.00. The maximum atomic E-state index is 12.6. The van der Waals surface area contributed by atoms with E-state index >= 15 is 0 Å². The van der Waals surface area contributed by atoms with Gasteiger partial charge in [-0.05, 0) is 45.6 Å². The minimum Gasteiger partial charge on any atom is -0.378 e. The summed E-state index contributed by atoms with van der Waals surface area (Å²) in [6, 6.07) is 0. The molecule has 2 N–H and O–H groups in total. The number of carbonyl (C=O) groups excluding carboxylic acids is 1. The van der Waals surface area contributed by atoms with E-state index in [0.717, 1.165) is 51.8 Å². The molecule has 0 aromatic heterocycles. The van der Waals surface area contributed by atoms with E-state index in [-0.39, 0.29) is 24.2 Å². The molecule has 1 amide bonds. The molecule has 5 heteroatoms. The van der Waals surface area contributed by atoms with Crippen LogP contribution in [0.15, 0.2) is 0 Å². The van der Waals surface area contributed by atoms with Crippen LogP contribution >= 0.6 is 0 Å². The second-order valence-corrected chi connectivity index (χ2v) is 6.93. The van der Waals surface area contributed by atoms with Crippen LogP contribution in [0.25, 0.3) is 0 Å². The van der Waals surface area contributed by atoms with Crippen molar-refractivity contribution in [1.29, 1.82) is 0 Å². The molecule has 0 radical (unpaired) electrons. The number of nitrogens with two attached hydrogens (primary N) is 1. The van der Waals surface area contributed by atoms with Gasteiger partial charge in [-0.15, -0.1) is 0 Å². The van der Waals surface area contributed by atoms with Crippen LogP contribution in [0.1, 0.15) is 64.7 Å². The van der Waals surface area contributed by atoms with Gasteiger partial charge in [-0.2, -0.15) is 0 Å². The van der Waals surface area contributed by atoms with Crippen molar-refractivity contribution in [3.05, 3.63) is 0 Å². The number of hydrogen-bond donors (Lipinski definition) is 1. The zero-order valence-electron chi connectivity index (χ0n) is 14.7. The SMILES string of the molecule is CC(OC1CCCCCC1)C(=O)N1CCC(OCCCN)CC1. The average Bonchev–Trinajstić information content (AvgIpc) is 2.84. The summed E-state index contributed by atoms with van der Waals surface area (Å²) in [6.45, 7) is 4.88. The van der Waals surface area contributed by atoms with Crippen molar-refractivity contribution >= 4 is 5.91 Å². The van der Waals surface area contributed by atoms with Gasteiger partial charge in [-0.25, -0.2) is 0 Å². The monoisotopic (exact) mass is 326 g/mol. The fourth-order valence-electron chi connectivity index (χ4n) is 3.56. The lowest BCUT2D eigenvalue weighted by Crippen LogP contribution is -2.46. The van der Waals surface area contributed by atoms with Gasteiger partial charge in [0.25, 0.3) is 5.91 Å². The molecule has 1 aliphatic heterocycles. The topological polar surface area (TPSA) is 64.8 Å². The van der Waals surface area contributed by atoms with E-state index in [1.807, 2.05) is 11.8 Å². The Bertz CT molecular complexity index is 335. The summed E-state index contributed by atoms with van der Waals surface area (Å²) in [5, 5.41) is 0. The van der Waals surface area contributed by atoms with E-state index in [9.17, 15) is 4.79 Å². The quantitative estimate of drug-likeness (QED) is 0.576. The van der Waals surface area contributed by atoms with Crippen molar-refractivity contribution in [2.24, 2.45) is 5.73 Å². The van der Waals surface area contributed by atoms with Gasteiger partial charge in [0.05, 0.1) is 12.2 Å². The van der Waals surface area contributed by atoms with Crippen molar-refractivity contribution in [3.63, 3.8) is 0 Å². The second-order valence-electron chi connectivity index (χ2n) is 6.93. The molecule has 0 spiro atoms. The summed E-state index contributed by atoms with van der Waals surface area (Å²) in [7, 11) is 0. The van der Waals surface area contributed by atoms with Gasteiger partial charge in [0.15, 0.2) is 0 Å². The summed E-state index contributed by atoms with van der Waals surface area (Å²) in [4.78, 5) is 14.5. The van der Waals surface area contributed by atoms with Crippen molar-refractivity contribution in [2.45, 2.75) is 83.0 Å². The maximum Gasteiger partial charge on any atom is 0.251 e. The molecule has 0 aromatic rings. The van der Waals surface area contributed by atoms with Gasteiger partial charge in [0, 0.05) is 19.7 Å². The van der Waals surface area contributed by atoms with Crippen LogP contribution in [-0.2, 0) is 14.3 Å². The molecular weight excluding hydrogens is 292 g/mol. The molecule has 1 saturated carbocycles. The lowest BCUT2D eigenvalue weighted by Gasteiger charge is -2.34. The molecule has 134 valence electrons. The zero-order chi connectivity index (χ0) is 16.5. The highest BCUT2D eigenvalue weighted by Gasteiger charge is 2.28. The Morgan fingerprint density at radius 3 is 2.35 bits per heavy atom. The highest BCUT2D eigenvalue weighted by atomic mass is 16.5. The van der Waals surface area contributed by atoms with Gasteiger partial charge in [-0.3, -0.25) is 4.79 Å². The third kappa shape index (κ3) is 6.40. The Labute approximate surface area is 140 Å². The Morgan fingerprint density at radius 2 is 1.74 bits per heavy atom. The standard InChI is InChI=1S/C18H34N2O3/c1-15(23-17-7-4-2-3-5-8-17)18(21)20-12-9-16(10-13-20)22-14-6-11-19/h15-17H,2-14,19H2,1H3. The van der Waals surface area contributed by atoms with Gasteiger partial charge < -0.3 is 20.1 Å². The van der Waals surface area contributed by atoms with Crippen molar-refractivity contribution < 1.29 is 14.3 Å². The predicted octanol–water partition coefficient (Wildman–Crippen LogP) is 2.47. The summed E-state index contributed by atoms with van der Waals surface area (Å²) in [5.41, 5.74) is 5.48. The Balaban J connectivity index is 1.68. The molecule has 1 aliphatic carbocycles. The summed E-state index contributed by atoms with van der Waals surface area (Å²) in [5.74, 6) is 0.148. The van der Waals surface area contributed by atoms with E-state index in [0.29, 0.717) is 6.54 Å². The molecule has 2 fully saturated rings. The predicted molar refractivity (Wildman–Crippen MR) is 91.3 cm³/mol. The minimum atomic E-state index is -0.312. The van der Waals surface area contributed by atoms with Crippen molar-refractivity contribution in [2.75, 3.05) is 26.2 Å². The molecule has 2 rings (SSSR count). The molecule has 0 aromatic carbocycles. The molecule has 1 unspecified atom stereocenters. The number of nitrogens with zero attached hydrogens (tertiary/aromatic N) is 1. The number of amides is 1. The first kappa shape index (κ1) is 18.7. The molecule has 23 heavy (non-hydrogen) atoms. The number of carbonyl (C=O) groups is 1. The highest BCUT2D eigenvalue weighted by Crippen LogP contribution is 2.22. The number of rotatable bonds is 7. The van der Waals surface area contributed by atoms with Gasteiger partial charge in [-0.1, -0.05) is 25.7 Å². The Hall–Kier alpha value is -0.650. The van der Waals surface area contributed by atoms with Gasteiger partial charge >= 0.3 is 0 Å². The van der Waals surface area contributed by atoms with Crippen LogP contribution in [-0.4, -0.2) is 55.4 Å². The van der Waals surface area contributed by atoms with Crippen molar-refractivity contribution in [1.82, 2.24) is 4.90 Å². The first-order valence-corrected chi connectivity index (χ1v) is 9.46. The van der Waals surface area contributed by atoms with E-state index in [1.54, 1.807) is 0 Å². The first-order chi connectivity index (χ1) is 11.2. The van der Waals surface area contributed by atoms with Crippen LogP contribution in [0.4, 0.5) is 0 Å². The summed E-state index contributed by atoms with van der Waals surface area (Å²) < 4.78 is 11.9. The maximum absolute atomic E-state index is 12.6. The summed E-state index contributed by atoms with van der Waals surface area (Å²) in [6.07, 6.45) is 10.3. The lowest BCUT2D eigenvalue weighted by molar-refractivity contribution is -0.149. The van der Waals surface area contributed by atoms with Crippen LogP contribution in [0.5, 0.6) is 0 Å². The van der Waals surface area contributed by atoms with Gasteiger partial charge in [0.1, 0.15) is 6.10 Å². The molecule has 1 saturated heterocycles. The van der Waals surface area contributed by atoms with E-state index in [2.05, 4.69) is 0 Å². The minimum absolute atomic E-state index is 0.148. The van der Waals surface area contributed by atoms with E-state index in [1.165, 1.54) is 25.7 Å². The Kier molecular flexibility index (Phi) is 8.34. The number of piperidine rings is 1. The molecule has 1 atom stereocenters. The second kappa shape index (κ2) is 10.3. The van der Waals surface area contributed by atoms with Crippen LogP contribution in [0.2, 0.25) is 0 Å². The van der Waals surface area contributed by atoms with Crippen LogP contribution in [0.3, 0.4) is 0 Å². The lowest BCUT2D eigenvalue weighted by atomic mass is 10.1. The fourth-order valence-corrected chi connectivity index (χ4v) is 3.56. The third-order valence-electron chi connectivity index (χ3n) is 5.00. The smallest absolute Gasteiger partial charge is 0.251 e. The molecule has 5 nitrogen and oxygen atoms in total. The Morgan fingerprint density at radius 1 is 1.09 bits per heavy atom. The van der Waals surface area contributed by atoms with Crippen LogP contribution in [0, 0.1) is 0 Å². The molecule has 0 bridgehead atoms. The van der Waals surface area contributed by atoms with Gasteiger partial charge in [0.2, 0.25) is 0 Å². The number of ether oxygens (including phenoxy) is 2. The normalized spacial score (nSPS) is 22.8. The number of likely N-dealkylation sites (tertiary alicyclic amines) is 1. The van der Waals surface area contributed by atoms with E-state index in [4.69, 9.17) is 15.2 Å². The molecule has 1 heterocycles. The number of hydrogen-bond acceptors (Lipinski definition) is 4. The molecular formula is C18H34N2O3. The zero-order valence-corrected chi connectivity index (χ0v) is 14.7. The van der Waals surface area contributed by atoms with Crippen LogP contribution < -0.4 is 5.73 Å².